The molecule has 1 aromatic carbocycles. The highest BCUT2D eigenvalue weighted by Gasteiger charge is 2.08. The van der Waals surface area contributed by atoms with E-state index in [0.717, 1.165) is 16.9 Å². The van der Waals surface area contributed by atoms with Gasteiger partial charge in [0.05, 0.1) is 18.3 Å². The summed E-state index contributed by atoms with van der Waals surface area (Å²) in [5.74, 6) is 0.673. The fourth-order valence-corrected chi connectivity index (χ4v) is 2.41. The van der Waals surface area contributed by atoms with Crippen LogP contribution in [0.2, 0.25) is 0 Å². The van der Waals surface area contributed by atoms with Gasteiger partial charge in [-0.1, -0.05) is 12.1 Å². The van der Waals surface area contributed by atoms with Crippen LogP contribution in [0.3, 0.4) is 0 Å². The Kier molecular flexibility index (Phi) is 3.87. The molecule has 0 atom stereocenters. The second kappa shape index (κ2) is 5.97. The van der Waals surface area contributed by atoms with Gasteiger partial charge in [0.15, 0.2) is 5.58 Å². The first-order chi connectivity index (χ1) is 10.2. The molecule has 2 heterocycles. The second-order valence-corrected chi connectivity index (χ2v) is 4.94. The maximum Gasteiger partial charge on any atom is 0.269 e. The van der Waals surface area contributed by atoms with E-state index in [1.165, 1.54) is 0 Å². The Labute approximate surface area is 126 Å². The van der Waals surface area contributed by atoms with Crippen molar-refractivity contribution in [2.24, 2.45) is 0 Å². The molecule has 2 aromatic heterocycles. The highest BCUT2D eigenvalue weighted by atomic mass is 32.1. The molecule has 21 heavy (non-hydrogen) atoms. The van der Waals surface area contributed by atoms with Crippen LogP contribution < -0.4 is 5.32 Å². The number of rotatable bonds is 5. The predicted octanol–water partition coefficient (Wildman–Crippen LogP) is 3.26. The van der Waals surface area contributed by atoms with Crippen LogP contribution in [-0.2, 0) is 17.9 Å². The molecule has 0 radical (unpaired) electrons. The maximum atomic E-state index is 11.9. The molecule has 1 amide bonds. The SMILES string of the molecule is O=C(CCn1c(=S)oc2ccccc21)NCc1ccco1. The number of aryl methyl sites for hydroxylation is 1. The molecule has 0 saturated carbocycles. The summed E-state index contributed by atoms with van der Waals surface area (Å²) in [6.07, 6.45) is 1.91. The van der Waals surface area contributed by atoms with Gasteiger partial charge in [-0.2, -0.15) is 0 Å². The number of aromatic nitrogens is 1. The van der Waals surface area contributed by atoms with Gasteiger partial charge in [-0.05, 0) is 36.5 Å². The fourth-order valence-electron chi connectivity index (χ4n) is 2.13. The molecule has 3 aromatic rings. The third kappa shape index (κ3) is 3.05. The third-order valence-electron chi connectivity index (χ3n) is 3.18. The summed E-state index contributed by atoms with van der Waals surface area (Å²) in [5.41, 5.74) is 1.64. The number of hydrogen-bond acceptors (Lipinski definition) is 4. The lowest BCUT2D eigenvalue weighted by molar-refractivity contribution is -0.121. The Morgan fingerprint density at radius 3 is 2.90 bits per heavy atom. The molecule has 0 fully saturated rings. The van der Waals surface area contributed by atoms with Crippen molar-refractivity contribution in [2.75, 3.05) is 0 Å². The van der Waals surface area contributed by atoms with Gasteiger partial charge in [0.1, 0.15) is 5.76 Å². The topological polar surface area (TPSA) is 60.3 Å². The van der Waals surface area contributed by atoms with Crippen molar-refractivity contribution in [3.8, 4) is 0 Å². The van der Waals surface area contributed by atoms with Crippen LogP contribution in [0.1, 0.15) is 12.2 Å². The number of hydrogen-bond donors (Lipinski definition) is 1. The Morgan fingerprint density at radius 2 is 2.10 bits per heavy atom. The summed E-state index contributed by atoms with van der Waals surface area (Å²) in [5, 5.41) is 2.80. The number of fused-ring (bicyclic) bond motifs is 1. The number of amides is 1. The van der Waals surface area contributed by atoms with Gasteiger partial charge in [0, 0.05) is 13.0 Å². The summed E-state index contributed by atoms with van der Waals surface area (Å²) in [6.45, 7) is 0.878. The van der Waals surface area contributed by atoms with Crippen molar-refractivity contribution < 1.29 is 13.6 Å². The molecular weight excluding hydrogens is 288 g/mol. The maximum absolute atomic E-state index is 11.9. The van der Waals surface area contributed by atoms with Crippen molar-refractivity contribution in [2.45, 2.75) is 19.5 Å². The van der Waals surface area contributed by atoms with Gasteiger partial charge >= 0.3 is 0 Å². The van der Waals surface area contributed by atoms with E-state index >= 15 is 0 Å². The first-order valence-electron chi connectivity index (χ1n) is 6.61. The van der Waals surface area contributed by atoms with Crippen LogP contribution >= 0.6 is 12.2 Å². The molecule has 0 spiro atoms. The average molecular weight is 302 g/mol. The predicted molar refractivity (Wildman–Crippen MR) is 80.2 cm³/mol. The molecular formula is C15H14N2O3S. The van der Waals surface area contributed by atoms with E-state index in [1.54, 1.807) is 12.3 Å². The van der Waals surface area contributed by atoms with Crippen molar-refractivity contribution in [1.82, 2.24) is 9.88 Å². The average Bonchev–Trinajstić information content (AvgIpc) is 3.10. The number of nitrogens with zero attached hydrogens (tertiary/aromatic N) is 1. The van der Waals surface area contributed by atoms with E-state index in [9.17, 15) is 4.79 Å². The fraction of sp³-hybridized carbons (Fsp3) is 0.200. The van der Waals surface area contributed by atoms with Crippen LogP contribution in [0.4, 0.5) is 0 Å². The Hall–Kier alpha value is -2.34. The van der Waals surface area contributed by atoms with E-state index in [1.807, 2.05) is 34.9 Å². The molecule has 0 aliphatic rings. The smallest absolute Gasteiger partial charge is 0.269 e. The summed E-state index contributed by atoms with van der Waals surface area (Å²) in [4.78, 5) is 12.2. The highest BCUT2D eigenvalue weighted by molar-refractivity contribution is 7.71. The zero-order valence-corrected chi connectivity index (χ0v) is 12.1. The summed E-state index contributed by atoms with van der Waals surface area (Å²) in [6, 6.07) is 11.2. The van der Waals surface area contributed by atoms with E-state index in [0.29, 0.717) is 24.3 Å². The molecule has 0 saturated heterocycles. The largest absolute Gasteiger partial charge is 0.467 e. The first-order valence-corrected chi connectivity index (χ1v) is 7.02. The lowest BCUT2D eigenvalue weighted by Gasteiger charge is -2.04. The number of benzene rings is 1. The molecule has 0 unspecified atom stereocenters. The highest BCUT2D eigenvalue weighted by Crippen LogP contribution is 2.17. The number of furan rings is 1. The molecule has 0 aliphatic heterocycles. The lowest BCUT2D eigenvalue weighted by Crippen LogP contribution is -2.23. The zero-order valence-electron chi connectivity index (χ0n) is 11.2. The van der Waals surface area contributed by atoms with Crippen LogP contribution in [0.5, 0.6) is 0 Å². The van der Waals surface area contributed by atoms with Crippen molar-refractivity contribution in [1.29, 1.82) is 0 Å². The Balaban J connectivity index is 1.62. The van der Waals surface area contributed by atoms with E-state index < -0.39 is 0 Å². The minimum Gasteiger partial charge on any atom is -0.467 e. The molecule has 0 aliphatic carbocycles. The van der Waals surface area contributed by atoms with Crippen LogP contribution in [-0.4, -0.2) is 10.5 Å². The van der Waals surface area contributed by atoms with Crippen LogP contribution in [0, 0.1) is 4.84 Å². The monoisotopic (exact) mass is 302 g/mol. The number of carbonyl (C=O) groups excluding carboxylic acids is 1. The lowest BCUT2D eigenvalue weighted by atomic mass is 10.3. The minimum absolute atomic E-state index is 0.0569. The third-order valence-corrected chi connectivity index (χ3v) is 3.48. The standard InChI is InChI=1S/C15H14N2O3S/c18-14(16-10-11-4-3-9-19-11)7-8-17-12-5-1-2-6-13(12)20-15(17)21/h1-6,9H,7-8,10H2,(H,16,18). The van der Waals surface area contributed by atoms with E-state index in [4.69, 9.17) is 21.1 Å². The number of para-hydroxylation sites is 2. The second-order valence-electron chi connectivity index (χ2n) is 4.59. The van der Waals surface area contributed by atoms with Crippen molar-refractivity contribution in [3.63, 3.8) is 0 Å². The van der Waals surface area contributed by atoms with Crippen LogP contribution in [0.25, 0.3) is 11.1 Å². The zero-order chi connectivity index (χ0) is 14.7. The number of carbonyl (C=O) groups is 1. The molecule has 3 rings (SSSR count). The van der Waals surface area contributed by atoms with E-state index in [2.05, 4.69) is 5.32 Å². The van der Waals surface area contributed by atoms with Gasteiger partial charge in [-0.25, -0.2) is 0 Å². The van der Waals surface area contributed by atoms with Crippen molar-refractivity contribution in [3.05, 3.63) is 53.3 Å². The quantitative estimate of drug-likeness (QED) is 0.735. The normalized spacial score (nSPS) is 10.9. The summed E-state index contributed by atoms with van der Waals surface area (Å²) >= 11 is 5.18. The Morgan fingerprint density at radius 1 is 1.24 bits per heavy atom. The van der Waals surface area contributed by atoms with Gasteiger partial charge in [0.2, 0.25) is 5.91 Å². The summed E-state index contributed by atoms with van der Waals surface area (Å²) in [7, 11) is 0. The minimum atomic E-state index is -0.0569. The van der Waals surface area contributed by atoms with Gasteiger partial charge in [-0.3, -0.25) is 9.36 Å². The van der Waals surface area contributed by atoms with Gasteiger partial charge < -0.3 is 14.2 Å². The summed E-state index contributed by atoms with van der Waals surface area (Å²) < 4.78 is 12.5. The van der Waals surface area contributed by atoms with Gasteiger partial charge in [0.25, 0.3) is 4.84 Å². The van der Waals surface area contributed by atoms with Gasteiger partial charge in [-0.15, -0.1) is 0 Å². The van der Waals surface area contributed by atoms with Crippen molar-refractivity contribution >= 4 is 29.2 Å². The first kappa shape index (κ1) is 13.6. The molecule has 5 nitrogen and oxygen atoms in total. The van der Waals surface area contributed by atoms with E-state index in [-0.39, 0.29) is 5.91 Å². The number of oxazole rings is 1. The molecule has 6 heteroatoms. The van der Waals surface area contributed by atoms with Crippen LogP contribution in [0.15, 0.2) is 51.5 Å². The number of nitrogens with one attached hydrogen (secondary N) is 1. The molecule has 1 N–H and O–H groups in total. The Bertz CT molecular complexity index is 802. The molecule has 0 bridgehead atoms. The molecule has 108 valence electrons.